The Kier molecular flexibility index (Phi) is 4.92. The number of benzene rings is 1. The van der Waals surface area contributed by atoms with Gasteiger partial charge in [-0.15, -0.1) is 0 Å². The molecule has 1 unspecified atom stereocenters. The monoisotopic (exact) mass is 287 g/mol. The van der Waals surface area contributed by atoms with Crippen LogP contribution in [0.25, 0.3) is 0 Å². The maximum Gasteiger partial charge on any atom is 0.252 e. The largest absolute Gasteiger partial charge is 0.394 e. The first-order valence-corrected chi connectivity index (χ1v) is 5.67. The second-order valence-corrected chi connectivity index (χ2v) is 4.38. The molecule has 5 heteroatoms. The Labute approximate surface area is 102 Å². The lowest BCUT2D eigenvalue weighted by Gasteiger charge is -2.10. The lowest BCUT2D eigenvalue weighted by molar-refractivity contribution is 0.0801. The van der Waals surface area contributed by atoms with Crippen molar-refractivity contribution in [2.24, 2.45) is 0 Å². The third-order valence-electron chi connectivity index (χ3n) is 2.08. The summed E-state index contributed by atoms with van der Waals surface area (Å²) >= 11 is 3.28. The van der Waals surface area contributed by atoms with E-state index in [4.69, 9.17) is 10.2 Å². The van der Waals surface area contributed by atoms with Crippen molar-refractivity contribution in [1.82, 2.24) is 5.32 Å². The van der Waals surface area contributed by atoms with Crippen LogP contribution in [0.2, 0.25) is 0 Å². The zero-order valence-electron chi connectivity index (χ0n) is 8.90. The Bertz CT molecular complexity index is 381. The highest BCUT2D eigenvalue weighted by molar-refractivity contribution is 9.10. The molecule has 0 fully saturated rings. The minimum Gasteiger partial charge on any atom is -0.394 e. The number of carbonyl (C=O) groups excluding carboxylic acids is 1. The molecule has 0 radical (unpaired) electrons. The quantitative estimate of drug-likeness (QED) is 0.769. The normalized spacial score (nSPS) is 12.2. The van der Waals surface area contributed by atoms with E-state index >= 15 is 0 Å². The van der Waals surface area contributed by atoms with Gasteiger partial charge in [-0.1, -0.05) is 11.6 Å². The predicted molar refractivity (Wildman–Crippen MR) is 64.3 cm³/mol. The van der Waals surface area contributed by atoms with Crippen molar-refractivity contribution in [3.05, 3.63) is 33.8 Å². The van der Waals surface area contributed by atoms with E-state index in [0.29, 0.717) is 10.0 Å². The number of carbonyl (C=O) groups is 1. The molecule has 88 valence electrons. The van der Waals surface area contributed by atoms with Gasteiger partial charge in [-0.2, -0.15) is 0 Å². The lowest BCUT2D eigenvalue weighted by atomic mass is 10.1. The van der Waals surface area contributed by atoms with Crippen LogP contribution in [0.5, 0.6) is 0 Å². The predicted octanol–water partition coefficient (Wildman–Crippen LogP) is 0.841. The molecule has 1 atom stereocenters. The first-order valence-electron chi connectivity index (χ1n) is 4.88. The Morgan fingerprint density at radius 2 is 2.25 bits per heavy atom. The molecule has 3 N–H and O–H groups in total. The molecule has 1 rings (SSSR count). The maximum absolute atomic E-state index is 11.7. The van der Waals surface area contributed by atoms with Crippen molar-refractivity contribution in [2.75, 3.05) is 13.2 Å². The highest BCUT2D eigenvalue weighted by atomic mass is 79.9. The molecule has 0 aromatic heterocycles. The van der Waals surface area contributed by atoms with Gasteiger partial charge < -0.3 is 15.5 Å². The van der Waals surface area contributed by atoms with Gasteiger partial charge in [0.2, 0.25) is 0 Å². The van der Waals surface area contributed by atoms with Gasteiger partial charge in [0.05, 0.1) is 18.3 Å². The highest BCUT2D eigenvalue weighted by Gasteiger charge is 2.11. The Morgan fingerprint density at radius 1 is 1.56 bits per heavy atom. The molecular formula is C11H14BrNO3. The van der Waals surface area contributed by atoms with E-state index in [1.807, 2.05) is 13.0 Å². The summed E-state index contributed by atoms with van der Waals surface area (Å²) in [4.78, 5) is 11.7. The average Bonchev–Trinajstić information content (AvgIpc) is 2.28. The number of rotatable bonds is 4. The number of nitrogens with one attached hydrogen (secondary N) is 1. The summed E-state index contributed by atoms with van der Waals surface area (Å²) in [7, 11) is 0. The molecule has 0 saturated heterocycles. The van der Waals surface area contributed by atoms with E-state index in [-0.39, 0.29) is 19.1 Å². The van der Waals surface area contributed by atoms with Crippen LogP contribution in [0, 0.1) is 6.92 Å². The Balaban J connectivity index is 2.69. The van der Waals surface area contributed by atoms with Crippen molar-refractivity contribution in [3.63, 3.8) is 0 Å². The molecule has 0 aliphatic heterocycles. The second-order valence-electron chi connectivity index (χ2n) is 3.53. The van der Waals surface area contributed by atoms with Crippen LogP contribution in [0.4, 0.5) is 0 Å². The minimum atomic E-state index is -0.924. The first kappa shape index (κ1) is 13.2. The molecule has 1 aromatic rings. The van der Waals surface area contributed by atoms with Crippen LogP contribution in [0.15, 0.2) is 22.7 Å². The van der Waals surface area contributed by atoms with E-state index in [9.17, 15) is 4.79 Å². The molecule has 0 heterocycles. The number of halogens is 1. The van der Waals surface area contributed by atoms with Gasteiger partial charge in [0, 0.05) is 11.0 Å². The number of aliphatic hydroxyl groups is 2. The van der Waals surface area contributed by atoms with Gasteiger partial charge >= 0.3 is 0 Å². The average molecular weight is 288 g/mol. The number of aryl methyl sites for hydroxylation is 1. The van der Waals surface area contributed by atoms with E-state index < -0.39 is 6.10 Å². The van der Waals surface area contributed by atoms with Gasteiger partial charge in [0.1, 0.15) is 0 Å². The maximum atomic E-state index is 11.7. The van der Waals surface area contributed by atoms with Crippen molar-refractivity contribution >= 4 is 21.8 Å². The number of hydrogen-bond donors (Lipinski definition) is 3. The van der Waals surface area contributed by atoms with Gasteiger partial charge in [-0.05, 0) is 35.0 Å². The summed E-state index contributed by atoms with van der Waals surface area (Å²) in [5.74, 6) is -0.275. The molecule has 0 aliphatic rings. The van der Waals surface area contributed by atoms with Gasteiger partial charge in [0.25, 0.3) is 5.91 Å². The fourth-order valence-corrected chi connectivity index (χ4v) is 1.61. The zero-order chi connectivity index (χ0) is 12.1. The molecule has 0 bridgehead atoms. The smallest absolute Gasteiger partial charge is 0.252 e. The van der Waals surface area contributed by atoms with Crippen molar-refractivity contribution in [3.8, 4) is 0 Å². The molecular weight excluding hydrogens is 274 g/mol. The molecule has 0 saturated carbocycles. The van der Waals surface area contributed by atoms with Crippen molar-refractivity contribution in [1.29, 1.82) is 0 Å². The van der Waals surface area contributed by atoms with Crippen LogP contribution >= 0.6 is 15.9 Å². The van der Waals surface area contributed by atoms with E-state index in [1.165, 1.54) is 0 Å². The summed E-state index contributed by atoms with van der Waals surface area (Å²) in [5.41, 5.74) is 1.50. The summed E-state index contributed by atoms with van der Waals surface area (Å²) in [6, 6.07) is 5.45. The molecule has 1 amide bonds. The Hall–Kier alpha value is -0.910. The number of amides is 1. The van der Waals surface area contributed by atoms with Crippen LogP contribution in [0.3, 0.4) is 0 Å². The zero-order valence-corrected chi connectivity index (χ0v) is 10.5. The summed E-state index contributed by atoms with van der Waals surface area (Å²) in [5, 5.41) is 20.2. The molecule has 1 aromatic carbocycles. The lowest BCUT2D eigenvalue weighted by Crippen LogP contribution is -2.34. The second kappa shape index (κ2) is 5.98. The fourth-order valence-electron chi connectivity index (χ4n) is 1.18. The van der Waals surface area contributed by atoms with E-state index in [0.717, 1.165) is 5.56 Å². The fraction of sp³-hybridized carbons (Fsp3) is 0.364. The third kappa shape index (κ3) is 3.59. The summed E-state index contributed by atoms with van der Waals surface area (Å²) in [6.45, 7) is 1.57. The van der Waals surface area contributed by atoms with E-state index in [1.54, 1.807) is 12.1 Å². The van der Waals surface area contributed by atoms with Gasteiger partial charge in [-0.25, -0.2) is 0 Å². The SMILES string of the molecule is Cc1ccc(Br)c(C(=O)NCC(O)CO)c1. The van der Waals surface area contributed by atoms with Crippen LogP contribution in [-0.2, 0) is 0 Å². The van der Waals surface area contributed by atoms with Crippen molar-refractivity contribution < 1.29 is 15.0 Å². The third-order valence-corrected chi connectivity index (χ3v) is 2.77. The molecule has 16 heavy (non-hydrogen) atoms. The first-order chi connectivity index (χ1) is 7.54. The summed E-state index contributed by atoms with van der Waals surface area (Å²) in [6.07, 6.45) is -0.924. The van der Waals surface area contributed by atoms with Crippen molar-refractivity contribution in [2.45, 2.75) is 13.0 Å². The van der Waals surface area contributed by atoms with Crippen LogP contribution in [-0.4, -0.2) is 35.4 Å². The number of aliphatic hydroxyl groups excluding tert-OH is 2. The topological polar surface area (TPSA) is 69.6 Å². The summed E-state index contributed by atoms with van der Waals surface area (Å²) < 4.78 is 0.703. The van der Waals surface area contributed by atoms with Crippen LogP contribution < -0.4 is 5.32 Å². The molecule has 4 nitrogen and oxygen atoms in total. The van der Waals surface area contributed by atoms with Crippen LogP contribution in [0.1, 0.15) is 15.9 Å². The van der Waals surface area contributed by atoms with Gasteiger partial charge in [-0.3, -0.25) is 4.79 Å². The van der Waals surface area contributed by atoms with E-state index in [2.05, 4.69) is 21.2 Å². The highest BCUT2D eigenvalue weighted by Crippen LogP contribution is 2.17. The Morgan fingerprint density at radius 3 is 2.88 bits per heavy atom. The molecule has 0 spiro atoms. The standard InChI is InChI=1S/C11H14BrNO3/c1-7-2-3-10(12)9(4-7)11(16)13-5-8(15)6-14/h2-4,8,14-15H,5-6H2,1H3,(H,13,16). The van der Waals surface area contributed by atoms with Gasteiger partial charge in [0.15, 0.2) is 0 Å². The minimum absolute atomic E-state index is 0.0374. The molecule has 0 aliphatic carbocycles. The number of hydrogen-bond acceptors (Lipinski definition) is 3.